The van der Waals surface area contributed by atoms with Gasteiger partial charge in [-0.3, -0.25) is 4.79 Å². The fraction of sp³-hybridized carbons (Fsp3) is 0.263. The van der Waals surface area contributed by atoms with Crippen molar-refractivity contribution < 1.29 is 19.1 Å². The molecule has 0 saturated carbocycles. The molecule has 0 spiro atoms. The molecule has 2 N–H and O–H groups in total. The number of carbonyl (C=O) groups is 2. The molecule has 26 heavy (non-hydrogen) atoms. The second-order valence-corrected chi connectivity index (χ2v) is 5.77. The van der Waals surface area contributed by atoms with Crippen molar-refractivity contribution in [3.05, 3.63) is 59.6 Å². The summed E-state index contributed by atoms with van der Waals surface area (Å²) in [5.41, 5.74) is 0. The summed E-state index contributed by atoms with van der Waals surface area (Å²) in [4.78, 5) is 23.3. The lowest BCUT2D eigenvalue weighted by Crippen LogP contribution is -2.36. The highest BCUT2D eigenvalue weighted by Crippen LogP contribution is 2.23. The summed E-state index contributed by atoms with van der Waals surface area (Å²) in [5.74, 6) is 0.967. The van der Waals surface area contributed by atoms with Crippen LogP contribution in [0.4, 0.5) is 4.79 Å². The zero-order valence-electron chi connectivity index (χ0n) is 14.2. The summed E-state index contributed by atoms with van der Waals surface area (Å²) < 4.78 is 10.6. The molecule has 0 aliphatic carbocycles. The van der Waals surface area contributed by atoms with Gasteiger partial charge in [0.15, 0.2) is 0 Å². The van der Waals surface area contributed by atoms with Gasteiger partial charge in [0, 0.05) is 19.5 Å². The second kappa shape index (κ2) is 11.0. The summed E-state index contributed by atoms with van der Waals surface area (Å²) in [5, 5.41) is 5.83. The molecule has 7 heteroatoms. The number of amides is 2. The number of rotatable bonds is 9. The number of nitrogens with one attached hydrogen (secondary N) is 2. The van der Waals surface area contributed by atoms with Crippen LogP contribution in [-0.4, -0.2) is 31.7 Å². The van der Waals surface area contributed by atoms with Crippen molar-refractivity contribution in [3.8, 4) is 11.5 Å². The van der Waals surface area contributed by atoms with Crippen molar-refractivity contribution in [1.82, 2.24) is 10.6 Å². The Bertz CT molecular complexity index is 710. The SMILES string of the molecule is O=C(CCCOc1ccccc1Cl)NCCNC(=O)Oc1ccccc1. The van der Waals surface area contributed by atoms with Gasteiger partial charge >= 0.3 is 6.09 Å². The van der Waals surface area contributed by atoms with Crippen molar-refractivity contribution >= 4 is 23.6 Å². The van der Waals surface area contributed by atoms with Gasteiger partial charge in [0.25, 0.3) is 0 Å². The normalized spacial score (nSPS) is 10.0. The van der Waals surface area contributed by atoms with Crippen molar-refractivity contribution in [1.29, 1.82) is 0 Å². The van der Waals surface area contributed by atoms with Crippen LogP contribution in [0.1, 0.15) is 12.8 Å². The highest BCUT2D eigenvalue weighted by Gasteiger charge is 2.05. The van der Waals surface area contributed by atoms with Gasteiger partial charge < -0.3 is 20.1 Å². The van der Waals surface area contributed by atoms with Crippen LogP contribution in [0.3, 0.4) is 0 Å². The molecule has 0 atom stereocenters. The predicted octanol–water partition coefficient (Wildman–Crippen LogP) is 3.40. The van der Waals surface area contributed by atoms with Gasteiger partial charge in [-0.1, -0.05) is 41.9 Å². The number of hydrogen-bond donors (Lipinski definition) is 2. The van der Waals surface area contributed by atoms with Gasteiger partial charge in [0.2, 0.25) is 5.91 Å². The summed E-state index contributed by atoms with van der Waals surface area (Å²) >= 11 is 5.98. The number of para-hydroxylation sites is 2. The Morgan fingerprint density at radius 2 is 1.62 bits per heavy atom. The van der Waals surface area contributed by atoms with Gasteiger partial charge in [0.05, 0.1) is 11.6 Å². The van der Waals surface area contributed by atoms with E-state index < -0.39 is 6.09 Å². The molecule has 2 aromatic rings. The van der Waals surface area contributed by atoms with Gasteiger partial charge in [-0.15, -0.1) is 0 Å². The zero-order chi connectivity index (χ0) is 18.6. The van der Waals surface area contributed by atoms with E-state index in [-0.39, 0.29) is 12.5 Å². The number of hydrogen-bond acceptors (Lipinski definition) is 4. The van der Waals surface area contributed by atoms with Crippen LogP contribution in [0.2, 0.25) is 5.02 Å². The van der Waals surface area contributed by atoms with E-state index in [1.54, 1.807) is 36.4 Å². The smallest absolute Gasteiger partial charge is 0.412 e. The zero-order valence-corrected chi connectivity index (χ0v) is 15.0. The topological polar surface area (TPSA) is 76.7 Å². The molecule has 0 aliphatic rings. The minimum absolute atomic E-state index is 0.106. The third-order valence-corrected chi connectivity index (χ3v) is 3.62. The van der Waals surface area contributed by atoms with Crippen molar-refractivity contribution in [2.24, 2.45) is 0 Å². The molecule has 0 radical (unpaired) electrons. The highest BCUT2D eigenvalue weighted by atomic mass is 35.5. The Hall–Kier alpha value is -2.73. The van der Waals surface area contributed by atoms with Gasteiger partial charge in [-0.05, 0) is 30.7 Å². The molecule has 0 saturated heterocycles. The fourth-order valence-corrected chi connectivity index (χ4v) is 2.25. The van der Waals surface area contributed by atoms with E-state index in [1.807, 2.05) is 18.2 Å². The van der Waals surface area contributed by atoms with E-state index in [4.69, 9.17) is 21.1 Å². The van der Waals surface area contributed by atoms with Crippen LogP contribution in [0.5, 0.6) is 11.5 Å². The molecule has 0 bridgehead atoms. The van der Waals surface area contributed by atoms with Crippen LogP contribution in [0.25, 0.3) is 0 Å². The maximum Gasteiger partial charge on any atom is 0.412 e. The molecule has 0 fully saturated rings. The largest absolute Gasteiger partial charge is 0.492 e. The Labute approximate surface area is 157 Å². The summed E-state index contributed by atoms with van der Waals surface area (Å²) in [6.07, 6.45) is 0.345. The van der Waals surface area contributed by atoms with E-state index in [1.165, 1.54) is 0 Å². The molecular weight excluding hydrogens is 356 g/mol. The maximum atomic E-state index is 11.7. The van der Waals surface area contributed by atoms with E-state index in [2.05, 4.69) is 10.6 Å². The van der Waals surface area contributed by atoms with Crippen LogP contribution in [-0.2, 0) is 4.79 Å². The van der Waals surface area contributed by atoms with Crippen LogP contribution < -0.4 is 20.1 Å². The van der Waals surface area contributed by atoms with E-state index in [9.17, 15) is 9.59 Å². The Morgan fingerprint density at radius 1 is 0.923 bits per heavy atom. The lowest BCUT2D eigenvalue weighted by molar-refractivity contribution is -0.121. The molecule has 0 aromatic heterocycles. The minimum atomic E-state index is -0.557. The van der Waals surface area contributed by atoms with Crippen molar-refractivity contribution in [3.63, 3.8) is 0 Å². The van der Waals surface area contributed by atoms with E-state index in [0.717, 1.165) is 0 Å². The second-order valence-electron chi connectivity index (χ2n) is 5.36. The number of benzene rings is 2. The summed E-state index contributed by atoms with van der Waals surface area (Å²) in [6, 6.07) is 16.0. The molecule has 6 nitrogen and oxygen atoms in total. The first-order chi connectivity index (χ1) is 12.6. The number of ether oxygens (including phenoxy) is 2. The number of carbonyl (C=O) groups excluding carboxylic acids is 2. The molecule has 2 aromatic carbocycles. The quantitative estimate of drug-likeness (QED) is 0.657. The predicted molar refractivity (Wildman–Crippen MR) is 99.7 cm³/mol. The molecule has 0 heterocycles. The lowest BCUT2D eigenvalue weighted by atomic mass is 10.3. The first-order valence-corrected chi connectivity index (χ1v) is 8.67. The third-order valence-electron chi connectivity index (χ3n) is 3.31. The van der Waals surface area contributed by atoms with Crippen molar-refractivity contribution in [2.45, 2.75) is 12.8 Å². The molecule has 0 aliphatic heterocycles. The summed E-state index contributed by atoms with van der Waals surface area (Å²) in [7, 11) is 0. The van der Waals surface area contributed by atoms with E-state index >= 15 is 0 Å². The average Bonchev–Trinajstić information content (AvgIpc) is 2.64. The van der Waals surface area contributed by atoms with Gasteiger partial charge in [-0.25, -0.2) is 4.79 Å². The maximum absolute atomic E-state index is 11.7. The first-order valence-electron chi connectivity index (χ1n) is 8.30. The third kappa shape index (κ3) is 7.44. The standard InChI is InChI=1S/C19H21ClN2O4/c20-16-9-4-5-10-17(16)25-14-6-11-18(23)21-12-13-22-19(24)26-15-7-2-1-3-8-15/h1-5,7-10H,6,11-14H2,(H,21,23)(H,22,24). The monoisotopic (exact) mass is 376 g/mol. The summed E-state index contributed by atoms with van der Waals surface area (Å²) in [6.45, 7) is 1.01. The number of halogens is 1. The van der Waals surface area contributed by atoms with Crippen LogP contribution in [0.15, 0.2) is 54.6 Å². The van der Waals surface area contributed by atoms with Crippen LogP contribution in [0, 0.1) is 0 Å². The van der Waals surface area contributed by atoms with Crippen molar-refractivity contribution in [2.75, 3.05) is 19.7 Å². The lowest BCUT2D eigenvalue weighted by Gasteiger charge is -2.09. The van der Waals surface area contributed by atoms with Gasteiger partial charge in [0.1, 0.15) is 11.5 Å². The Balaban J connectivity index is 1.51. The molecular formula is C19H21ClN2O4. The average molecular weight is 377 g/mol. The first kappa shape index (κ1) is 19.6. The molecule has 138 valence electrons. The Kier molecular flexibility index (Phi) is 8.29. The fourth-order valence-electron chi connectivity index (χ4n) is 2.06. The van der Waals surface area contributed by atoms with Gasteiger partial charge in [-0.2, -0.15) is 0 Å². The Morgan fingerprint density at radius 3 is 2.38 bits per heavy atom. The van der Waals surface area contributed by atoms with Crippen LogP contribution >= 0.6 is 11.6 Å². The molecule has 0 unspecified atom stereocenters. The molecule has 2 amide bonds. The minimum Gasteiger partial charge on any atom is -0.492 e. The molecule has 2 rings (SSSR count). The van der Waals surface area contributed by atoms with E-state index in [0.29, 0.717) is 42.5 Å². The highest BCUT2D eigenvalue weighted by molar-refractivity contribution is 6.32.